The molecule has 0 spiro atoms. The third-order valence-electron chi connectivity index (χ3n) is 2.35. The first-order valence-corrected chi connectivity index (χ1v) is 7.56. The summed E-state index contributed by atoms with van der Waals surface area (Å²) in [6, 6.07) is 5.70. The van der Waals surface area contributed by atoms with E-state index in [4.69, 9.17) is 10.6 Å². The maximum atomic E-state index is 10.8. The summed E-state index contributed by atoms with van der Waals surface area (Å²) < 4.78 is 6.14. The maximum absolute atomic E-state index is 10.8. The Morgan fingerprint density at radius 2 is 2.19 bits per heavy atom. The van der Waals surface area contributed by atoms with Gasteiger partial charge in [-0.3, -0.25) is 10.1 Å². The summed E-state index contributed by atoms with van der Waals surface area (Å²) in [5.74, 6) is 6.21. The van der Waals surface area contributed by atoms with Gasteiger partial charge in [0.15, 0.2) is 10.9 Å². The number of thioether (sulfide) groups is 1. The van der Waals surface area contributed by atoms with Crippen LogP contribution in [-0.2, 0) is 0 Å². The minimum absolute atomic E-state index is 0.0791. The van der Waals surface area contributed by atoms with Crippen molar-refractivity contribution in [2.75, 3.05) is 11.7 Å². The van der Waals surface area contributed by atoms with Gasteiger partial charge in [0.25, 0.3) is 5.69 Å². The highest BCUT2D eigenvalue weighted by molar-refractivity contribution is 9.10. The Balaban J connectivity index is 2.37. The summed E-state index contributed by atoms with van der Waals surface area (Å²) in [5, 5.41) is 11.3. The van der Waals surface area contributed by atoms with Crippen LogP contribution < -0.4 is 16.0 Å². The molecule has 0 aliphatic rings. The largest absolute Gasteiger partial charge is 0.437 e. The zero-order chi connectivity index (χ0) is 15.4. The average Bonchev–Trinajstić information content (AvgIpc) is 2.48. The minimum atomic E-state index is -0.501. The molecular weight excluding hydrogens is 362 g/mol. The lowest BCUT2D eigenvalue weighted by Crippen LogP contribution is -2.09. The number of anilines is 1. The number of benzene rings is 1. The van der Waals surface area contributed by atoms with E-state index >= 15 is 0 Å². The molecule has 1 aromatic heterocycles. The van der Waals surface area contributed by atoms with Gasteiger partial charge in [-0.1, -0.05) is 11.8 Å². The fraction of sp³-hybridized carbons (Fsp3) is 0.0909. The SMILES string of the molecule is CSc1nc(NN)cc(Oc2cc([N+](=O)[O-])ccc2Br)n1. The fourth-order valence-corrected chi connectivity index (χ4v) is 2.12. The van der Waals surface area contributed by atoms with Crippen LogP contribution in [-0.4, -0.2) is 21.1 Å². The Labute approximate surface area is 132 Å². The number of nitrogens with one attached hydrogen (secondary N) is 1. The van der Waals surface area contributed by atoms with Gasteiger partial charge in [0, 0.05) is 12.1 Å². The second-order valence-electron chi connectivity index (χ2n) is 3.70. The van der Waals surface area contributed by atoms with Crippen molar-refractivity contribution in [1.29, 1.82) is 0 Å². The van der Waals surface area contributed by atoms with E-state index in [1.807, 2.05) is 6.26 Å². The molecule has 0 saturated heterocycles. The van der Waals surface area contributed by atoms with Crippen molar-refractivity contribution in [3.63, 3.8) is 0 Å². The number of nitro groups is 1. The number of nitrogens with zero attached hydrogens (tertiary/aromatic N) is 3. The van der Waals surface area contributed by atoms with Gasteiger partial charge in [-0.05, 0) is 28.3 Å². The van der Waals surface area contributed by atoms with Crippen LogP contribution in [0.1, 0.15) is 0 Å². The summed E-state index contributed by atoms with van der Waals surface area (Å²) in [7, 11) is 0. The highest BCUT2D eigenvalue weighted by Crippen LogP contribution is 2.33. The maximum Gasteiger partial charge on any atom is 0.273 e. The topological polar surface area (TPSA) is 116 Å². The number of hydrazine groups is 1. The summed E-state index contributed by atoms with van der Waals surface area (Å²) in [6.45, 7) is 0. The number of nitrogens with two attached hydrogens (primary N) is 1. The third-order valence-corrected chi connectivity index (χ3v) is 3.56. The van der Waals surface area contributed by atoms with Crippen LogP contribution in [0.3, 0.4) is 0 Å². The Bertz CT molecular complexity index is 663. The van der Waals surface area contributed by atoms with E-state index in [9.17, 15) is 10.1 Å². The second kappa shape index (κ2) is 6.70. The number of nitrogen functional groups attached to an aromatic ring is 1. The smallest absolute Gasteiger partial charge is 0.273 e. The number of hydrogen-bond donors (Lipinski definition) is 2. The first-order valence-electron chi connectivity index (χ1n) is 5.55. The van der Waals surface area contributed by atoms with Crippen LogP contribution in [0.15, 0.2) is 33.9 Å². The highest BCUT2D eigenvalue weighted by atomic mass is 79.9. The molecule has 8 nitrogen and oxygen atoms in total. The molecule has 0 atom stereocenters. The van der Waals surface area contributed by atoms with Gasteiger partial charge < -0.3 is 10.2 Å². The molecule has 0 fully saturated rings. The zero-order valence-corrected chi connectivity index (χ0v) is 13.1. The van der Waals surface area contributed by atoms with Gasteiger partial charge in [0.2, 0.25) is 5.88 Å². The molecule has 0 aliphatic carbocycles. The van der Waals surface area contributed by atoms with Crippen molar-refractivity contribution in [2.24, 2.45) is 5.84 Å². The number of hydrogen-bond acceptors (Lipinski definition) is 8. The zero-order valence-electron chi connectivity index (χ0n) is 10.7. The molecule has 0 unspecified atom stereocenters. The van der Waals surface area contributed by atoms with E-state index in [1.54, 1.807) is 0 Å². The van der Waals surface area contributed by atoms with Crippen LogP contribution in [0.25, 0.3) is 0 Å². The Morgan fingerprint density at radius 1 is 1.43 bits per heavy atom. The molecule has 0 bridgehead atoms. The van der Waals surface area contributed by atoms with Crippen LogP contribution >= 0.6 is 27.7 Å². The standard InChI is InChI=1S/C11H10BrN5O3S/c1-21-11-14-9(16-13)5-10(15-11)20-8-4-6(17(18)19)2-3-7(8)12/h2-5H,13H2,1H3,(H,14,15,16). The molecule has 1 aromatic carbocycles. The second-order valence-corrected chi connectivity index (χ2v) is 5.32. The molecule has 2 aromatic rings. The average molecular weight is 372 g/mol. The van der Waals surface area contributed by atoms with Gasteiger partial charge >= 0.3 is 0 Å². The number of nitro benzene ring substituents is 1. The van der Waals surface area contributed by atoms with E-state index in [0.717, 1.165) is 0 Å². The summed E-state index contributed by atoms with van der Waals surface area (Å²) in [4.78, 5) is 18.5. The molecule has 0 radical (unpaired) electrons. The van der Waals surface area contributed by atoms with Gasteiger partial charge in [0.1, 0.15) is 5.82 Å². The molecule has 21 heavy (non-hydrogen) atoms. The Morgan fingerprint density at radius 3 is 2.81 bits per heavy atom. The van der Waals surface area contributed by atoms with Crippen LogP contribution in [0, 0.1) is 10.1 Å². The number of ether oxygens (including phenoxy) is 1. The fourth-order valence-electron chi connectivity index (χ4n) is 1.42. The predicted molar refractivity (Wildman–Crippen MR) is 82.5 cm³/mol. The van der Waals surface area contributed by atoms with Crippen LogP contribution in [0.5, 0.6) is 11.6 Å². The Hall–Kier alpha value is -1.91. The van der Waals surface area contributed by atoms with E-state index in [2.05, 4.69) is 31.3 Å². The van der Waals surface area contributed by atoms with Crippen molar-refractivity contribution in [1.82, 2.24) is 9.97 Å². The lowest BCUT2D eigenvalue weighted by atomic mass is 10.3. The number of non-ortho nitro benzene ring substituents is 1. The molecule has 1 heterocycles. The molecule has 0 amide bonds. The van der Waals surface area contributed by atoms with Crippen LogP contribution in [0.4, 0.5) is 11.5 Å². The van der Waals surface area contributed by atoms with Crippen molar-refractivity contribution < 1.29 is 9.66 Å². The van der Waals surface area contributed by atoms with Gasteiger partial charge in [-0.25, -0.2) is 10.8 Å². The molecule has 3 N–H and O–H groups in total. The molecule has 10 heteroatoms. The van der Waals surface area contributed by atoms with Crippen molar-refractivity contribution in [3.8, 4) is 11.6 Å². The van der Waals surface area contributed by atoms with Crippen molar-refractivity contribution >= 4 is 39.2 Å². The minimum Gasteiger partial charge on any atom is -0.437 e. The summed E-state index contributed by atoms with van der Waals surface area (Å²) >= 11 is 4.59. The van der Waals surface area contributed by atoms with Crippen molar-refractivity contribution in [3.05, 3.63) is 38.9 Å². The first kappa shape index (κ1) is 15.5. The predicted octanol–water partition coefficient (Wildman–Crippen LogP) is 2.95. The number of rotatable bonds is 5. The molecule has 110 valence electrons. The number of aromatic nitrogens is 2. The lowest BCUT2D eigenvalue weighted by molar-refractivity contribution is -0.384. The molecular formula is C11H10BrN5O3S. The molecule has 0 saturated carbocycles. The van der Waals surface area contributed by atoms with E-state index < -0.39 is 4.92 Å². The van der Waals surface area contributed by atoms with Crippen LogP contribution in [0.2, 0.25) is 0 Å². The molecule has 0 aliphatic heterocycles. The third kappa shape index (κ3) is 3.80. The first-order chi connectivity index (χ1) is 10.0. The highest BCUT2D eigenvalue weighted by Gasteiger charge is 2.13. The van der Waals surface area contributed by atoms with Gasteiger partial charge in [-0.2, -0.15) is 4.98 Å². The van der Waals surface area contributed by atoms with Crippen molar-refractivity contribution in [2.45, 2.75) is 5.16 Å². The summed E-state index contributed by atoms with van der Waals surface area (Å²) in [6.07, 6.45) is 1.81. The van der Waals surface area contributed by atoms with Gasteiger partial charge in [-0.15, -0.1) is 0 Å². The van der Waals surface area contributed by atoms with Gasteiger partial charge in [0.05, 0.1) is 15.5 Å². The normalized spacial score (nSPS) is 10.2. The lowest BCUT2D eigenvalue weighted by Gasteiger charge is -2.09. The number of halogens is 1. The molecule has 2 rings (SSSR count). The monoisotopic (exact) mass is 371 g/mol. The quantitative estimate of drug-likeness (QED) is 0.271. The Kier molecular flexibility index (Phi) is 4.94. The van der Waals surface area contributed by atoms with E-state index in [1.165, 1.54) is 36.0 Å². The van der Waals surface area contributed by atoms with E-state index in [0.29, 0.717) is 15.4 Å². The summed E-state index contributed by atoms with van der Waals surface area (Å²) in [5.41, 5.74) is 2.33. The van der Waals surface area contributed by atoms with E-state index in [-0.39, 0.29) is 17.3 Å².